The van der Waals surface area contributed by atoms with E-state index in [0.29, 0.717) is 0 Å². The molecule has 0 aliphatic rings. The molecule has 0 aromatic heterocycles. The number of carbonyl (C=O) groups is 1. The van der Waals surface area contributed by atoms with Crippen LogP contribution in [0.5, 0.6) is 0 Å². The number of sulfone groups is 1. The number of aliphatic carboxylic acids is 1. The van der Waals surface area contributed by atoms with Gasteiger partial charge in [-0.2, -0.15) is 0 Å². The average Bonchev–Trinajstić information content (AvgIpc) is 2.35. The maximum Gasteiger partial charge on any atom is 0.320 e. The summed E-state index contributed by atoms with van der Waals surface area (Å²) < 4.78 is 24.9. The van der Waals surface area contributed by atoms with E-state index >= 15 is 0 Å². The van der Waals surface area contributed by atoms with Crippen molar-refractivity contribution in [1.29, 1.82) is 0 Å². The van der Waals surface area contributed by atoms with Crippen LogP contribution >= 0.6 is 15.9 Å². The van der Waals surface area contributed by atoms with Crippen LogP contribution < -0.4 is 0 Å². The third-order valence-electron chi connectivity index (χ3n) is 2.90. The lowest BCUT2D eigenvalue weighted by atomic mass is 10.3. The highest BCUT2D eigenvalue weighted by molar-refractivity contribution is 9.10. The van der Waals surface area contributed by atoms with Gasteiger partial charge in [0.15, 0.2) is 9.84 Å². The number of rotatable bonds is 6. The number of carboxylic acids is 1. The second-order valence-electron chi connectivity index (χ2n) is 4.27. The number of halogens is 1. The lowest BCUT2D eigenvalue weighted by molar-refractivity contribution is -0.142. The monoisotopic (exact) mass is 349 g/mol. The number of carboxylic acid groups (broad SMARTS) is 1. The molecule has 0 radical (unpaired) electrons. The Kier molecular flexibility index (Phi) is 5.51. The molecule has 1 rings (SSSR count). The maximum atomic E-state index is 12.1. The molecule has 0 bridgehead atoms. The minimum atomic E-state index is -3.39. The summed E-state index contributed by atoms with van der Waals surface area (Å²) in [5.41, 5.74) is 0. The van der Waals surface area contributed by atoms with E-state index < -0.39 is 21.8 Å². The van der Waals surface area contributed by atoms with Crippen molar-refractivity contribution < 1.29 is 18.3 Å². The molecule has 7 heteroatoms. The molecule has 0 heterocycles. The Hall–Kier alpha value is -0.920. The van der Waals surface area contributed by atoms with Gasteiger partial charge >= 0.3 is 5.97 Å². The van der Waals surface area contributed by atoms with Gasteiger partial charge in [-0.15, -0.1) is 0 Å². The molecule has 0 amide bonds. The molecule has 0 saturated heterocycles. The topological polar surface area (TPSA) is 74.7 Å². The zero-order valence-electron chi connectivity index (χ0n) is 10.7. The van der Waals surface area contributed by atoms with Gasteiger partial charge in [-0.1, -0.05) is 15.9 Å². The van der Waals surface area contributed by atoms with Gasteiger partial charge < -0.3 is 5.11 Å². The van der Waals surface area contributed by atoms with Crippen LogP contribution in [0.15, 0.2) is 33.6 Å². The van der Waals surface area contributed by atoms with Crippen molar-refractivity contribution in [3.05, 3.63) is 28.7 Å². The zero-order valence-corrected chi connectivity index (χ0v) is 13.1. The van der Waals surface area contributed by atoms with Gasteiger partial charge in [-0.25, -0.2) is 8.42 Å². The lowest BCUT2D eigenvalue weighted by Crippen LogP contribution is -2.38. The van der Waals surface area contributed by atoms with Gasteiger partial charge in [-0.3, -0.25) is 9.69 Å². The van der Waals surface area contributed by atoms with Crippen LogP contribution in [0, 0.1) is 0 Å². The Morgan fingerprint density at radius 3 is 2.37 bits per heavy atom. The first-order valence-corrected chi connectivity index (χ1v) is 8.10. The minimum Gasteiger partial charge on any atom is -0.480 e. The van der Waals surface area contributed by atoms with Crippen LogP contribution in [0.2, 0.25) is 0 Å². The van der Waals surface area contributed by atoms with Crippen molar-refractivity contribution in [3.8, 4) is 0 Å². The molecule has 5 nitrogen and oxygen atoms in total. The van der Waals surface area contributed by atoms with Gasteiger partial charge in [0.05, 0.1) is 10.6 Å². The van der Waals surface area contributed by atoms with Gasteiger partial charge in [0.1, 0.15) is 6.04 Å². The fourth-order valence-electron chi connectivity index (χ4n) is 1.41. The molecule has 0 aliphatic heterocycles. The molecule has 1 unspecified atom stereocenters. The second kappa shape index (κ2) is 6.49. The van der Waals surface area contributed by atoms with Crippen LogP contribution in [0.4, 0.5) is 0 Å². The minimum absolute atomic E-state index is 0.108. The maximum absolute atomic E-state index is 12.1. The predicted molar refractivity (Wildman–Crippen MR) is 75.9 cm³/mol. The van der Waals surface area contributed by atoms with E-state index in [4.69, 9.17) is 5.11 Å². The van der Waals surface area contributed by atoms with Crippen molar-refractivity contribution in [1.82, 2.24) is 4.90 Å². The van der Waals surface area contributed by atoms with Crippen molar-refractivity contribution in [2.45, 2.75) is 17.9 Å². The highest BCUT2D eigenvalue weighted by atomic mass is 79.9. The number of likely N-dealkylation sites (N-methyl/N-ethyl adjacent to an activating group) is 1. The Balaban J connectivity index is 2.71. The molecule has 19 heavy (non-hydrogen) atoms. The van der Waals surface area contributed by atoms with E-state index in [1.165, 1.54) is 24.0 Å². The molecule has 1 aromatic carbocycles. The van der Waals surface area contributed by atoms with Crippen molar-refractivity contribution in [3.63, 3.8) is 0 Å². The van der Waals surface area contributed by atoms with Gasteiger partial charge in [-0.05, 0) is 38.2 Å². The summed E-state index contributed by atoms with van der Waals surface area (Å²) in [4.78, 5) is 12.5. The quantitative estimate of drug-likeness (QED) is 0.844. The molecular formula is C12H16BrNO4S. The van der Waals surface area contributed by atoms with Crippen LogP contribution in [0.25, 0.3) is 0 Å². The summed E-state index contributed by atoms with van der Waals surface area (Å²) in [7, 11) is -1.79. The smallest absolute Gasteiger partial charge is 0.320 e. The van der Waals surface area contributed by atoms with Crippen LogP contribution in [-0.4, -0.2) is 49.8 Å². The van der Waals surface area contributed by atoms with Crippen molar-refractivity contribution >= 4 is 31.7 Å². The van der Waals surface area contributed by atoms with E-state index in [-0.39, 0.29) is 17.2 Å². The summed E-state index contributed by atoms with van der Waals surface area (Å²) in [6, 6.07) is 5.67. The summed E-state index contributed by atoms with van der Waals surface area (Å²) in [6.07, 6.45) is 0. The predicted octanol–water partition coefficient (Wildman–Crippen LogP) is 1.63. The van der Waals surface area contributed by atoms with E-state index in [9.17, 15) is 13.2 Å². The Bertz CT molecular complexity index is 541. The zero-order chi connectivity index (χ0) is 14.6. The first kappa shape index (κ1) is 16.1. The molecule has 1 atom stereocenters. The molecule has 106 valence electrons. The highest BCUT2D eigenvalue weighted by Gasteiger charge is 2.20. The first-order chi connectivity index (χ1) is 8.74. The first-order valence-electron chi connectivity index (χ1n) is 5.65. The number of hydrogen-bond donors (Lipinski definition) is 1. The van der Waals surface area contributed by atoms with Gasteiger partial charge in [0, 0.05) is 11.0 Å². The fourth-order valence-corrected chi connectivity index (χ4v) is 2.99. The molecule has 0 aliphatic carbocycles. The summed E-state index contributed by atoms with van der Waals surface area (Å²) >= 11 is 3.24. The van der Waals surface area contributed by atoms with Crippen LogP contribution in [0.3, 0.4) is 0 Å². The number of nitrogens with zero attached hydrogens (tertiary/aromatic N) is 1. The summed E-state index contributed by atoms with van der Waals surface area (Å²) in [5.74, 6) is -1.08. The van der Waals surface area contributed by atoms with Crippen LogP contribution in [0.1, 0.15) is 6.92 Å². The molecule has 0 fully saturated rings. The van der Waals surface area contributed by atoms with E-state index in [0.717, 1.165) is 4.47 Å². The molecule has 0 spiro atoms. The van der Waals surface area contributed by atoms with Gasteiger partial charge in [0.25, 0.3) is 0 Å². The molecular weight excluding hydrogens is 334 g/mol. The van der Waals surface area contributed by atoms with Crippen LogP contribution in [-0.2, 0) is 14.6 Å². The number of benzene rings is 1. The largest absolute Gasteiger partial charge is 0.480 e. The van der Waals surface area contributed by atoms with Gasteiger partial charge in [0.2, 0.25) is 0 Å². The Morgan fingerprint density at radius 1 is 1.37 bits per heavy atom. The molecule has 1 aromatic rings. The van der Waals surface area contributed by atoms with E-state index in [1.807, 2.05) is 0 Å². The highest BCUT2D eigenvalue weighted by Crippen LogP contribution is 2.16. The second-order valence-corrected chi connectivity index (χ2v) is 7.29. The Morgan fingerprint density at radius 2 is 1.89 bits per heavy atom. The van der Waals surface area contributed by atoms with Crippen molar-refractivity contribution in [2.75, 3.05) is 19.3 Å². The molecule has 1 N–H and O–H groups in total. The van der Waals surface area contributed by atoms with Crippen molar-refractivity contribution in [2.24, 2.45) is 0 Å². The fraction of sp³-hybridized carbons (Fsp3) is 0.417. The Labute approximate surface area is 121 Å². The standard InChI is InChI=1S/C12H16BrNO4S/c1-9(12(15)16)14(2)7-8-19(17,18)11-5-3-10(13)4-6-11/h3-6,9H,7-8H2,1-2H3,(H,15,16). The third kappa shape index (κ3) is 4.59. The number of hydrogen-bond acceptors (Lipinski definition) is 4. The van der Waals surface area contributed by atoms with E-state index in [1.54, 1.807) is 19.2 Å². The lowest BCUT2D eigenvalue weighted by Gasteiger charge is -2.20. The molecule has 0 saturated carbocycles. The normalized spacial score (nSPS) is 13.5. The summed E-state index contributed by atoms with van der Waals surface area (Å²) in [6.45, 7) is 1.69. The SMILES string of the molecule is CC(C(=O)O)N(C)CCS(=O)(=O)c1ccc(Br)cc1. The summed E-state index contributed by atoms with van der Waals surface area (Å²) in [5, 5.41) is 8.83. The average molecular weight is 350 g/mol. The van der Waals surface area contributed by atoms with E-state index in [2.05, 4.69) is 15.9 Å². The third-order valence-corrected chi connectivity index (χ3v) is 5.14.